The van der Waals surface area contributed by atoms with Crippen LogP contribution in [0.25, 0.3) is 0 Å². The van der Waals surface area contributed by atoms with E-state index in [0.29, 0.717) is 12.5 Å². The van der Waals surface area contributed by atoms with Gasteiger partial charge in [0.05, 0.1) is 18.5 Å². The first-order valence-corrected chi connectivity index (χ1v) is 7.05. The van der Waals surface area contributed by atoms with Crippen molar-refractivity contribution in [3.8, 4) is 5.88 Å². The van der Waals surface area contributed by atoms with Gasteiger partial charge >= 0.3 is 0 Å². The van der Waals surface area contributed by atoms with E-state index < -0.39 is 0 Å². The molecule has 1 unspecified atom stereocenters. The van der Waals surface area contributed by atoms with Crippen molar-refractivity contribution in [2.75, 3.05) is 13.2 Å². The normalized spacial score (nSPS) is 12.1. The third-order valence-corrected chi connectivity index (χ3v) is 3.02. The highest BCUT2D eigenvalue weighted by atomic mass is 16.5. The molecule has 1 atom stereocenters. The Bertz CT molecular complexity index is 516. The van der Waals surface area contributed by atoms with E-state index in [1.165, 1.54) is 5.56 Å². The zero-order valence-electron chi connectivity index (χ0n) is 12.0. The predicted molar refractivity (Wildman–Crippen MR) is 79.8 cm³/mol. The largest absolute Gasteiger partial charge is 0.477 e. The van der Waals surface area contributed by atoms with Gasteiger partial charge in [-0.1, -0.05) is 37.3 Å². The van der Waals surface area contributed by atoms with E-state index in [1.807, 2.05) is 13.0 Å². The van der Waals surface area contributed by atoms with Crippen LogP contribution in [0, 0.1) is 0 Å². The van der Waals surface area contributed by atoms with Crippen molar-refractivity contribution in [1.82, 2.24) is 15.3 Å². The maximum Gasteiger partial charge on any atom is 0.232 e. The number of hydrogen-bond donors (Lipinski definition) is 1. The molecule has 1 heterocycles. The fourth-order valence-electron chi connectivity index (χ4n) is 2.15. The first-order chi connectivity index (χ1) is 9.83. The molecule has 0 saturated carbocycles. The van der Waals surface area contributed by atoms with Gasteiger partial charge in [-0.2, -0.15) is 0 Å². The van der Waals surface area contributed by atoms with E-state index in [-0.39, 0.29) is 6.04 Å². The third kappa shape index (κ3) is 4.03. The van der Waals surface area contributed by atoms with Gasteiger partial charge in [0.2, 0.25) is 5.88 Å². The Morgan fingerprint density at radius 2 is 1.95 bits per heavy atom. The lowest BCUT2D eigenvalue weighted by molar-refractivity contribution is 0.323. The molecule has 20 heavy (non-hydrogen) atoms. The first kappa shape index (κ1) is 14.5. The highest BCUT2D eigenvalue weighted by molar-refractivity contribution is 5.21. The Hall–Kier alpha value is -1.94. The summed E-state index contributed by atoms with van der Waals surface area (Å²) in [5, 5.41) is 3.49. The minimum absolute atomic E-state index is 0.243. The van der Waals surface area contributed by atoms with Gasteiger partial charge in [-0.05, 0) is 19.0 Å². The van der Waals surface area contributed by atoms with Crippen molar-refractivity contribution in [1.29, 1.82) is 0 Å². The summed E-state index contributed by atoms with van der Waals surface area (Å²) in [5.74, 6) is 0.591. The zero-order valence-corrected chi connectivity index (χ0v) is 12.0. The molecule has 0 spiro atoms. The molecular formula is C16H21N3O. The first-order valence-electron chi connectivity index (χ1n) is 7.05. The molecule has 1 aromatic carbocycles. The van der Waals surface area contributed by atoms with Crippen LogP contribution in [0.3, 0.4) is 0 Å². The van der Waals surface area contributed by atoms with Crippen LogP contribution >= 0.6 is 0 Å². The SMILES string of the molecule is CCNC(Cc1cncc(OCC)n1)c1ccccc1. The minimum atomic E-state index is 0.243. The second-order valence-corrected chi connectivity index (χ2v) is 4.51. The molecule has 0 aliphatic carbocycles. The monoisotopic (exact) mass is 271 g/mol. The van der Waals surface area contributed by atoms with E-state index in [1.54, 1.807) is 12.4 Å². The molecular weight excluding hydrogens is 250 g/mol. The summed E-state index contributed by atoms with van der Waals surface area (Å²) in [6.45, 7) is 5.57. The van der Waals surface area contributed by atoms with Crippen LogP contribution in [0.15, 0.2) is 42.7 Å². The highest BCUT2D eigenvalue weighted by Gasteiger charge is 2.12. The Labute approximate surface area is 120 Å². The van der Waals surface area contributed by atoms with Gasteiger partial charge in [0.15, 0.2) is 0 Å². The summed E-state index contributed by atoms with van der Waals surface area (Å²) < 4.78 is 5.40. The number of benzene rings is 1. The molecule has 0 aliphatic heterocycles. The number of ether oxygens (including phenoxy) is 1. The molecule has 0 radical (unpaired) electrons. The van der Waals surface area contributed by atoms with E-state index >= 15 is 0 Å². The van der Waals surface area contributed by atoms with Gasteiger partial charge in [0, 0.05) is 18.7 Å². The molecule has 4 nitrogen and oxygen atoms in total. The van der Waals surface area contributed by atoms with Gasteiger partial charge in [-0.25, -0.2) is 4.98 Å². The molecule has 106 valence electrons. The van der Waals surface area contributed by atoms with E-state index in [4.69, 9.17) is 4.74 Å². The topological polar surface area (TPSA) is 47.0 Å². The van der Waals surface area contributed by atoms with Gasteiger partial charge in [0.25, 0.3) is 0 Å². The zero-order chi connectivity index (χ0) is 14.2. The molecule has 4 heteroatoms. The minimum Gasteiger partial charge on any atom is -0.477 e. The molecule has 2 aromatic rings. The fourth-order valence-corrected chi connectivity index (χ4v) is 2.15. The number of hydrogen-bond acceptors (Lipinski definition) is 4. The fraction of sp³-hybridized carbons (Fsp3) is 0.375. The summed E-state index contributed by atoms with van der Waals surface area (Å²) in [4.78, 5) is 8.68. The Kier molecular flexibility index (Phi) is 5.50. The van der Waals surface area contributed by atoms with Crippen LogP contribution in [0.5, 0.6) is 5.88 Å². The standard InChI is InChI=1S/C16H21N3O/c1-3-18-15(13-8-6-5-7-9-13)10-14-11-17-12-16(19-14)20-4-2/h5-9,11-12,15,18H,3-4,10H2,1-2H3. The summed E-state index contributed by atoms with van der Waals surface area (Å²) >= 11 is 0. The van der Waals surface area contributed by atoms with Crippen molar-refractivity contribution in [3.05, 3.63) is 54.0 Å². The van der Waals surface area contributed by atoms with E-state index in [2.05, 4.69) is 46.5 Å². The van der Waals surface area contributed by atoms with Crippen molar-refractivity contribution in [2.45, 2.75) is 26.3 Å². The summed E-state index contributed by atoms with van der Waals surface area (Å²) in [6, 6.07) is 10.7. The van der Waals surface area contributed by atoms with Crippen LogP contribution in [-0.2, 0) is 6.42 Å². The van der Waals surface area contributed by atoms with Crippen molar-refractivity contribution < 1.29 is 4.74 Å². The van der Waals surface area contributed by atoms with Gasteiger partial charge < -0.3 is 10.1 Å². The summed E-state index contributed by atoms with van der Waals surface area (Å²) in [5.41, 5.74) is 2.20. The van der Waals surface area contributed by atoms with Gasteiger partial charge in [-0.15, -0.1) is 0 Å². The van der Waals surface area contributed by atoms with E-state index in [0.717, 1.165) is 18.7 Å². The smallest absolute Gasteiger partial charge is 0.232 e. The Morgan fingerprint density at radius 1 is 1.15 bits per heavy atom. The van der Waals surface area contributed by atoms with Crippen molar-refractivity contribution >= 4 is 0 Å². The summed E-state index contributed by atoms with van der Waals surface area (Å²) in [7, 11) is 0. The lowest BCUT2D eigenvalue weighted by atomic mass is 10.0. The Balaban J connectivity index is 2.14. The van der Waals surface area contributed by atoms with Crippen molar-refractivity contribution in [3.63, 3.8) is 0 Å². The lowest BCUT2D eigenvalue weighted by Gasteiger charge is -2.18. The lowest BCUT2D eigenvalue weighted by Crippen LogP contribution is -2.23. The van der Waals surface area contributed by atoms with Crippen molar-refractivity contribution in [2.24, 2.45) is 0 Å². The number of likely N-dealkylation sites (N-methyl/N-ethyl adjacent to an activating group) is 1. The van der Waals surface area contributed by atoms with Crippen LogP contribution < -0.4 is 10.1 Å². The summed E-state index contributed by atoms with van der Waals surface area (Å²) in [6.07, 6.45) is 4.25. The van der Waals surface area contributed by atoms with Crippen LogP contribution in [0.2, 0.25) is 0 Å². The highest BCUT2D eigenvalue weighted by Crippen LogP contribution is 2.18. The second kappa shape index (κ2) is 7.60. The maximum atomic E-state index is 5.40. The molecule has 1 N–H and O–H groups in total. The number of rotatable bonds is 7. The average molecular weight is 271 g/mol. The molecule has 1 aromatic heterocycles. The quantitative estimate of drug-likeness (QED) is 0.841. The average Bonchev–Trinajstić information content (AvgIpc) is 2.48. The van der Waals surface area contributed by atoms with Gasteiger partial charge in [-0.3, -0.25) is 4.98 Å². The van der Waals surface area contributed by atoms with Crippen LogP contribution in [-0.4, -0.2) is 23.1 Å². The molecule has 0 bridgehead atoms. The molecule has 0 fully saturated rings. The molecule has 0 aliphatic rings. The number of nitrogens with one attached hydrogen (secondary N) is 1. The second-order valence-electron chi connectivity index (χ2n) is 4.51. The molecule has 2 rings (SSSR count). The number of aromatic nitrogens is 2. The van der Waals surface area contributed by atoms with Crippen LogP contribution in [0.4, 0.5) is 0 Å². The van der Waals surface area contributed by atoms with Crippen LogP contribution in [0.1, 0.15) is 31.1 Å². The Morgan fingerprint density at radius 3 is 2.65 bits per heavy atom. The molecule has 0 amide bonds. The molecule has 0 saturated heterocycles. The van der Waals surface area contributed by atoms with Gasteiger partial charge in [0.1, 0.15) is 0 Å². The number of nitrogens with zero attached hydrogens (tertiary/aromatic N) is 2. The third-order valence-electron chi connectivity index (χ3n) is 3.02. The van der Waals surface area contributed by atoms with E-state index in [9.17, 15) is 0 Å². The predicted octanol–water partition coefficient (Wildman–Crippen LogP) is 2.77. The maximum absolute atomic E-state index is 5.40.